The number of carbonyl (C=O) groups excluding carboxylic acids is 1. The summed E-state index contributed by atoms with van der Waals surface area (Å²) < 4.78 is 1.26. The average molecular weight is 881 g/mol. The molecule has 0 aliphatic heterocycles. The number of thiophene rings is 1. The van der Waals surface area contributed by atoms with Crippen molar-refractivity contribution in [3.8, 4) is 22.4 Å². The summed E-state index contributed by atoms with van der Waals surface area (Å²) in [5.74, 6) is 1.20. The smallest absolute Gasteiger partial charge is 0.162 e. The fourth-order valence-corrected chi connectivity index (χ4v) is 7.97. The number of hydrogen-bond acceptors (Lipinski definition) is 4. The summed E-state index contributed by atoms with van der Waals surface area (Å²) in [5, 5.41) is 14.3. The Morgan fingerprint density at radius 2 is 1.51 bits per heavy atom. The van der Waals surface area contributed by atoms with Gasteiger partial charge in [-0.1, -0.05) is 110 Å². The van der Waals surface area contributed by atoms with Gasteiger partial charge in [-0.25, -0.2) is 0 Å². The van der Waals surface area contributed by atoms with Crippen LogP contribution in [0.25, 0.3) is 43.4 Å². The van der Waals surface area contributed by atoms with Crippen molar-refractivity contribution in [1.29, 1.82) is 0 Å². The summed E-state index contributed by atoms with van der Waals surface area (Å²) in [6.45, 7) is 24.0. The van der Waals surface area contributed by atoms with E-state index in [4.69, 9.17) is 4.98 Å². The molecular formula is C46H58IrNO2S-. The molecule has 1 N–H and O–H groups in total. The minimum absolute atomic E-state index is 0. The van der Waals surface area contributed by atoms with E-state index >= 15 is 0 Å². The van der Waals surface area contributed by atoms with Crippen LogP contribution in [0.1, 0.15) is 110 Å². The molecule has 275 valence electrons. The Labute approximate surface area is 325 Å². The van der Waals surface area contributed by atoms with Crippen LogP contribution in [0, 0.1) is 37.7 Å². The van der Waals surface area contributed by atoms with E-state index in [2.05, 4.69) is 115 Å². The number of fused-ring (bicyclic) bond motifs is 2. The number of aromatic nitrogens is 1. The zero-order valence-electron chi connectivity index (χ0n) is 32.7. The van der Waals surface area contributed by atoms with Gasteiger partial charge in [0.2, 0.25) is 0 Å². The first-order valence-electron chi connectivity index (χ1n) is 18.6. The van der Waals surface area contributed by atoms with Crippen LogP contribution in [-0.2, 0) is 36.7 Å². The SMILES string of the molecule is CCC(CC)C(=O)/C=C(\O)C(CC)CC.Cc1cc(CC(C)C)cc(C)c1-c1cc(-c2[c-]c3ccccc3c(C(C)(C)C)c2)nc2ccsc12.[Ir]. The van der Waals surface area contributed by atoms with E-state index < -0.39 is 0 Å². The molecular weight excluding hydrogens is 823 g/mol. The van der Waals surface area contributed by atoms with Gasteiger partial charge in [0.25, 0.3) is 0 Å². The second-order valence-electron chi connectivity index (χ2n) is 15.3. The molecule has 0 saturated carbocycles. The third-order valence-corrected chi connectivity index (χ3v) is 10.8. The van der Waals surface area contributed by atoms with Crippen molar-refractivity contribution in [3.05, 3.63) is 100 Å². The van der Waals surface area contributed by atoms with Gasteiger partial charge in [-0.05, 0) is 96.5 Å². The molecule has 2 heterocycles. The van der Waals surface area contributed by atoms with Crippen molar-refractivity contribution in [2.75, 3.05) is 0 Å². The number of aliphatic hydroxyl groups is 1. The molecule has 3 nitrogen and oxygen atoms in total. The molecule has 51 heavy (non-hydrogen) atoms. The molecule has 5 aromatic rings. The van der Waals surface area contributed by atoms with Crippen LogP contribution >= 0.6 is 11.3 Å². The molecule has 5 heteroatoms. The topological polar surface area (TPSA) is 50.2 Å². The number of benzene rings is 3. The van der Waals surface area contributed by atoms with E-state index in [0.29, 0.717) is 5.92 Å². The average Bonchev–Trinajstić information content (AvgIpc) is 3.54. The number of allylic oxidation sites excluding steroid dienone is 2. The molecule has 0 fully saturated rings. The van der Waals surface area contributed by atoms with Gasteiger partial charge in [-0.15, -0.1) is 40.5 Å². The van der Waals surface area contributed by atoms with Crippen LogP contribution in [0.3, 0.4) is 0 Å². The predicted molar refractivity (Wildman–Crippen MR) is 217 cm³/mol. The summed E-state index contributed by atoms with van der Waals surface area (Å²) in [5.41, 5.74) is 11.2. The molecule has 0 aliphatic carbocycles. The molecule has 1 radical (unpaired) electrons. The second kappa shape index (κ2) is 18.6. The second-order valence-corrected chi connectivity index (χ2v) is 16.2. The van der Waals surface area contributed by atoms with Gasteiger partial charge in [-0.2, -0.15) is 0 Å². The molecule has 0 unspecified atom stereocenters. The van der Waals surface area contributed by atoms with Gasteiger partial charge < -0.3 is 5.11 Å². The molecule has 0 spiro atoms. The van der Waals surface area contributed by atoms with Gasteiger partial charge in [0.1, 0.15) is 0 Å². The van der Waals surface area contributed by atoms with E-state index in [0.717, 1.165) is 54.3 Å². The maximum Gasteiger partial charge on any atom is 0.162 e. The number of pyridine rings is 1. The zero-order valence-corrected chi connectivity index (χ0v) is 35.9. The van der Waals surface area contributed by atoms with Gasteiger partial charge in [-0.3, -0.25) is 9.78 Å². The van der Waals surface area contributed by atoms with Gasteiger partial charge in [0.05, 0.1) is 16.0 Å². The molecule has 5 rings (SSSR count). The maximum atomic E-state index is 11.7. The van der Waals surface area contributed by atoms with Crippen LogP contribution < -0.4 is 0 Å². The number of nitrogens with zero attached hydrogens (tertiary/aromatic N) is 1. The molecule has 2 aromatic heterocycles. The predicted octanol–water partition coefficient (Wildman–Crippen LogP) is 13.6. The van der Waals surface area contributed by atoms with Crippen molar-refractivity contribution in [2.45, 2.75) is 114 Å². The largest absolute Gasteiger partial charge is 0.512 e. The first-order chi connectivity index (χ1) is 23.7. The Morgan fingerprint density at radius 3 is 2.08 bits per heavy atom. The van der Waals surface area contributed by atoms with Crippen molar-refractivity contribution < 1.29 is 30.0 Å². The normalized spacial score (nSPS) is 12.1. The fraction of sp³-hybridized carbons (Fsp3) is 0.435. The van der Waals surface area contributed by atoms with Crippen molar-refractivity contribution in [2.24, 2.45) is 17.8 Å². The van der Waals surface area contributed by atoms with E-state index in [-0.39, 0.29) is 48.9 Å². The van der Waals surface area contributed by atoms with E-state index in [1.165, 1.54) is 49.5 Å². The zero-order chi connectivity index (χ0) is 36.7. The molecule has 0 amide bonds. The van der Waals surface area contributed by atoms with Crippen molar-refractivity contribution >= 4 is 38.1 Å². The number of aryl methyl sites for hydroxylation is 2. The monoisotopic (exact) mass is 881 g/mol. The standard InChI is InChI=1S/C33H34NS.C13H24O2.Ir/c1-20(2)14-23-15-21(3)31(22(4)16-23)27-19-30(34-29-12-13-35-32(27)29)25-17-24-10-8-9-11-26(24)28(18-25)33(5,6)7;1-5-10(6-2)12(14)9-13(15)11(7-3)8-4;/h8-13,15-16,18-20H,14H2,1-7H3;9-11,14H,5-8H2,1-4H3;/q-1;;/b;12-9-;. The Hall–Kier alpha value is -3.11. The van der Waals surface area contributed by atoms with Gasteiger partial charge in [0, 0.05) is 43.7 Å². The number of hydrogen-bond donors (Lipinski definition) is 1. The Bertz CT molecular complexity index is 1930. The van der Waals surface area contributed by atoms with Crippen molar-refractivity contribution in [3.63, 3.8) is 0 Å². The number of carbonyl (C=O) groups is 1. The Morgan fingerprint density at radius 1 is 0.902 bits per heavy atom. The number of ketones is 1. The van der Waals surface area contributed by atoms with E-state index in [1.807, 2.05) is 27.7 Å². The molecule has 3 aromatic carbocycles. The molecule has 0 aliphatic rings. The van der Waals surface area contributed by atoms with Crippen LogP contribution in [0.15, 0.2) is 71.8 Å². The quantitative estimate of drug-likeness (QED) is 0.0817. The summed E-state index contributed by atoms with van der Waals surface area (Å²) in [6, 6.07) is 23.8. The van der Waals surface area contributed by atoms with Crippen LogP contribution in [0.2, 0.25) is 0 Å². The fourth-order valence-electron chi connectivity index (χ4n) is 7.12. The van der Waals surface area contributed by atoms with E-state index in [9.17, 15) is 9.90 Å². The third kappa shape index (κ3) is 10.3. The van der Waals surface area contributed by atoms with Crippen LogP contribution in [0.4, 0.5) is 0 Å². The summed E-state index contributed by atoms with van der Waals surface area (Å²) in [6.07, 6.45) is 6.02. The minimum atomic E-state index is 0. The van der Waals surface area contributed by atoms with Crippen LogP contribution in [-0.4, -0.2) is 15.9 Å². The first-order valence-corrected chi connectivity index (χ1v) is 19.5. The first kappa shape index (κ1) is 42.3. The summed E-state index contributed by atoms with van der Waals surface area (Å²) in [7, 11) is 0. The summed E-state index contributed by atoms with van der Waals surface area (Å²) >= 11 is 1.78. The third-order valence-electron chi connectivity index (χ3n) is 9.86. The molecule has 0 saturated heterocycles. The van der Waals surface area contributed by atoms with E-state index in [1.54, 1.807) is 11.3 Å². The maximum absolute atomic E-state index is 11.7. The Balaban J connectivity index is 0.000000374. The van der Waals surface area contributed by atoms with Gasteiger partial charge >= 0.3 is 0 Å². The molecule has 0 bridgehead atoms. The van der Waals surface area contributed by atoms with Crippen LogP contribution in [0.5, 0.6) is 0 Å². The van der Waals surface area contributed by atoms with Gasteiger partial charge in [0.15, 0.2) is 5.78 Å². The minimum Gasteiger partial charge on any atom is -0.512 e. The number of aliphatic hydroxyl groups excluding tert-OH is 1. The summed E-state index contributed by atoms with van der Waals surface area (Å²) in [4.78, 5) is 16.8. The Kier molecular flexibility index (Phi) is 15.4. The number of rotatable bonds is 11. The molecule has 0 atom stereocenters. The van der Waals surface area contributed by atoms with Crippen molar-refractivity contribution in [1.82, 2.24) is 4.98 Å².